The molecule has 25 heavy (non-hydrogen) atoms. The van der Waals surface area contributed by atoms with Crippen molar-refractivity contribution >= 4 is 23.2 Å². The molecule has 0 atom stereocenters. The number of amides is 1. The highest BCUT2D eigenvalue weighted by atomic mass is 35.5. The van der Waals surface area contributed by atoms with Gasteiger partial charge in [-0.3, -0.25) is 14.7 Å². The first-order chi connectivity index (χ1) is 11.8. The van der Waals surface area contributed by atoms with Gasteiger partial charge in [-0.15, -0.1) is 0 Å². The molecular weight excluding hydrogens is 355 g/mol. The molecule has 0 aliphatic carbocycles. The van der Waals surface area contributed by atoms with Gasteiger partial charge in [0.1, 0.15) is 0 Å². The number of anilines is 1. The number of halogens is 4. The third kappa shape index (κ3) is 6.03. The van der Waals surface area contributed by atoms with Gasteiger partial charge in [0.05, 0.1) is 22.8 Å². The average molecular weight is 372 g/mol. The largest absolute Gasteiger partial charge is 0.416 e. The van der Waals surface area contributed by atoms with Gasteiger partial charge in [-0.25, -0.2) is 0 Å². The fraction of sp³-hybridized carbons (Fsp3) is 0.294. The minimum Gasteiger partial charge on any atom is -0.324 e. The summed E-state index contributed by atoms with van der Waals surface area (Å²) in [6.07, 6.45) is -2.14. The Bertz CT molecular complexity index is 723. The van der Waals surface area contributed by atoms with Crippen molar-refractivity contribution in [2.45, 2.75) is 12.6 Å². The molecule has 4 nitrogen and oxygen atoms in total. The lowest BCUT2D eigenvalue weighted by atomic mass is 10.2. The Kier molecular flexibility index (Phi) is 6.39. The molecule has 0 bridgehead atoms. The molecule has 0 aliphatic heterocycles. The molecule has 2 rings (SSSR count). The van der Waals surface area contributed by atoms with Crippen LogP contribution in [0, 0.1) is 0 Å². The van der Waals surface area contributed by atoms with Gasteiger partial charge in [-0.2, -0.15) is 13.2 Å². The standard InChI is InChI=1S/C17H17ClF3N3O/c1-24(9-7-13-4-2-3-8-22-13)11-16(25)23-15-10-12(17(19,20)21)5-6-14(15)18/h2-6,8,10H,7,9,11H2,1H3,(H,23,25). The topological polar surface area (TPSA) is 45.2 Å². The number of carbonyl (C=O) groups is 1. The normalized spacial score (nSPS) is 11.6. The van der Waals surface area contributed by atoms with Crippen LogP contribution in [-0.4, -0.2) is 35.9 Å². The van der Waals surface area contributed by atoms with Crippen LogP contribution in [0.25, 0.3) is 0 Å². The Balaban J connectivity index is 1.91. The van der Waals surface area contributed by atoms with E-state index in [4.69, 9.17) is 11.6 Å². The van der Waals surface area contributed by atoms with Gasteiger partial charge in [0.15, 0.2) is 0 Å². The van der Waals surface area contributed by atoms with E-state index in [1.807, 2.05) is 18.2 Å². The number of benzene rings is 1. The highest BCUT2D eigenvalue weighted by Crippen LogP contribution is 2.33. The van der Waals surface area contributed by atoms with E-state index in [-0.39, 0.29) is 17.3 Å². The first kappa shape index (κ1) is 19.2. The molecule has 2 aromatic rings. The summed E-state index contributed by atoms with van der Waals surface area (Å²) in [5.74, 6) is -0.440. The van der Waals surface area contributed by atoms with Crippen molar-refractivity contribution in [3.8, 4) is 0 Å². The smallest absolute Gasteiger partial charge is 0.324 e. The summed E-state index contributed by atoms with van der Waals surface area (Å²) in [4.78, 5) is 18.0. The Morgan fingerprint density at radius 1 is 1.28 bits per heavy atom. The van der Waals surface area contributed by atoms with Crippen LogP contribution in [0.15, 0.2) is 42.6 Å². The number of hydrogen-bond donors (Lipinski definition) is 1. The fourth-order valence-electron chi connectivity index (χ4n) is 2.16. The molecule has 0 unspecified atom stereocenters. The molecule has 1 aromatic heterocycles. The number of likely N-dealkylation sites (N-methyl/N-ethyl adjacent to an activating group) is 1. The summed E-state index contributed by atoms with van der Waals surface area (Å²) < 4.78 is 38.2. The van der Waals surface area contributed by atoms with E-state index in [0.717, 1.165) is 23.9 Å². The second-order valence-corrected chi connectivity index (χ2v) is 5.96. The molecule has 0 fully saturated rings. The summed E-state index contributed by atoms with van der Waals surface area (Å²) in [6.45, 7) is 0.611. The number of aromatic nitrogens is 1. The predicted molar refractivity (Wildman–Crippen MR) is 90.5 cm³/mol. The molecule has 134 valence electrons. The molecule has 0 spiro atoms. The lowest BCUT2D eigenvalue weighted by molar-refractivity contribution is -0.137. The van der Waals surface area contributed by atoms with E-state index >= 15 is 0 Å². The van der Waals surface area contributed by atoms with Crippen molar-refractivity contribution in [1.29, 1.82) is 0 Å². The van der Waals surface area contributed by atoms with Crippen LogP contribution in [-0.2, 0) is 17.4 Å². The lowest BCUT2D eigenvalue weighted by Crippen LogP contribution is -2.31. The second kappa shape index (κ2) is 8.31. The highest BCUT2D eigenvalue weighted by Gasteiger charge is 2.31. The van der Waals surface area contributed by atoms with Crippen molar-refractivity contribution < 1.29 is 18.0 Å². The molecule has 1 aromatic carbocycles. The number of nitrogens with one attached hydrogen (secondary N) is 1. The summed E-state index contributed by atoms with van der Waals surface area (Å²) in [5, 5.41) is 2.48. The van der Waals surface area contributed by atoms with Gasteiger partial charge in [-0.1, -0.05) is 17.7 Å². The molecule has 0 saturated carbocycles. The van der Waals surface area contributed by atoms with Crippen molar-refractivity contribution in [3.63, 3.8) is 0 Å². The van der Waals surface area contributed by atoms with Crippen LogP contribution in [0.1, 0.15) is 11.3 Å². The number of carbonyl (C=O) groups excluding carboxylic acids is 1. The van der Waals surface area contributed by atoms with Gasteiger partial charge in [-0.05, 0) is 37.4 Å². The highest BCUT2D eigenvalue weighted by molar-refractivity contribution is 6.33. The van der Waals surface area contributed by atoms with Gasteiger partial charge in [0, 0.05) is 24.9 Å². The van der Waals surface area contributed by atoms with E-state index < -0.39 is 17.6 Å². The van der Waals surface area contributed by atoms with E-state index in [1.165, 1.54) is 0 Å². The second-order valence-electron chi connectivity index (χ2n) is 5.55. The zero-order chi connectivity index (χ0) is 18.4. The molecule has 0 radical (unpaired) electrons. The lowest BCUT2D eigenvalue weighted by Gasteiger charge is -2.17. The third-order valence-electron chi connectivity index (χ3n) is 3.46. The molecule has 8 heteroatoms. The molecule has 0 aliphatic rings. The summed E-state index contributed by atoms with van der Waals surface area (Å²) >= 11 is 5.86. The SMILES string of the molecule is CN(CCc1ccccn1)CC(=O)Nc1cc(C(F)(F)F)ccc1Cl. The monoisotopic (exact) mass is 371 g/mol. The maximum Gasteiger partial charge on any atom is 0.416 e. The van der Waals surface area contributed by atoms with E-state index in [2.05, 4.69) is 10.3 Å². The van der Waals surface area contributed by atoms with Gasteiger partial charge >= 0.3 is 6.18 Å². The van der Waals surface area contributed by atoms with Crippen molar-refractivity contribution in [3.05, 3.63) is 58.9 Å². The summed E-state index contributed by atoms with van der Waals surface area (Å²) in [7, 11) is 1.75. The Hall–Kier alpha value is -2.12. The van der Waals surface area contributed by atoms with E-state index in [1.54, 1.807) is 18.1 Å². The zero-order valence-corrected chi connectivity index (χ0v) is 14.2. The number of pyridine rings is 1. The molecular formula is C17H17ClF3N3O. The molecule has 1 N–H and O–H groups in total. The van der Waals surface area contributed by atoms with Crippen LogP contribution in [0.3, 0.4) is 0 Å². The molecule has 0 saturated heterocycles. The van der Waals surface area contributed by atoms with Crippen molar-refractivity contribution in [1.82, 2.24) is 9.88 Å². The zero-order valence-electron chi connectivity index (χ0n) is 13.5. The minimum absolute atomic E-state index is 0.0272. The van der Waals surface area contributed by atoms with Crippen molar-refractivity contribution in [2.24, 2.45) is 0 Å². The predicted octanol–water partition coefficient (Wildman–Crippen LogP) is 3.87. The van der Waals surface area contributed by atoms with Crippen LogP contribution in [0.2, 0.25) is 5.02 Å². The summed E-state index contributed by atoms with van der Waals surface area (Å²) in [5.41, 5.74) is -0.0222. The maximum atomic E-state index is 12.7. The third-order valence-corrected chi connectivity index (χ3v) is 3.79. The molecule has 1 heterocycles. The number of alkyl halides is 3. The van der Waals surface area contributed by atoms with Gasteiger partial charge in [0.25, 0.3) is 0 Å². The van der Waals surface area contributed by atoms with Crippen molar-refractivity contribution in [2.75, 3.05) is 25.5 Å². The van der Waals surface area contributed by atoms with Gasteiger partial charge in [0.2, 0.25) is 5.91 Å². The Morgan fingerprint density at radius 2 is 2.04 bits per heavy atom. The number of hydrogen-bond acceptors (Lipinski definition) is 3. The average Bonchev–Trinajstić information content (AvgIpc) is 2.55. The van der Waals surface area contributed by atoms with E-state index in [0.29, 0.717) is 13.0 Å². The maximum absolute atomic E-state index is 12.7. The summed E-state index contributed by atoms with van der Waals surface area (Å²) in [6, 6.07) is 8.40. The van der Waals surface area contributed by atoms with Crippen LogP contribution in [0.5, 0.6) is 0 Å². The molecule has 1 amide bonds. The minimum atomic E-state index is -4.50. The van der Waals surface area contributed by atoms with Crippen LogP contribution >= 0.6 is 11.6 Å². The van der Waals surface area contributed by atoms with E-state index in [9.17, 15) is 18.0 Å². The Morgan fingerprint density at radius 3 is 2.68 bits per heavy atom. The quantitative estimate of drug-likeness (QED) is 0.838. The first-order valence-corrected chi connectivity index (χ1v) is 7.88. The number of rotatable bonds is 6. The van der Waals surface area contributed by atoms with Gasteiger partial charge < -0.3 is 5.32 Å². The number of nitrogens with zero attached hydrogens (tertiary/aromatic N) is 2. The van der Waals surface area contributed by atoms with Crippen LogP contribution < -0.4 is 5.32 Å². The fourth-order valence-corrected chi connectivity index (χ4v) is 2.33. The Labute approximate surface area is 148 Å². The first-order valence-electron chi connectivity index (χ1n) is 7.51. The van der Waals surface area contributed by atoms with Crippen LogP contribution in [0.4, 0.5) is 18.9 Å².